The fourth-order valence-corrected chi connectivity index (χ4v) is 9.93. The Hall–Kier alpha value is -6.62. The van der Waals surface area contributed by atoms with Gasteiger partial charge in [-0.25, -0.2) is 9.59 Å². The second-order valence-corrected chi connectivity index (χ2v) is 21.0. The fraction of sp³-hybridized carbons (Fsp3) is 0.500. The van der Waals surface area contributed by atoms with Gasteiger partial charge < -0.3 is 47.1 Å². The van der Waals surface area contributed by atoms with Crippen molar-refractivity contribution in [1.82, 2.24) is 19.6 Å². The number of benzene rings is 2. The van der Waals surface area contributed by atoms with E-state index in [0.717, 1.165) is 49.5 Å². The van der Waals surface area contributed by atoms with E-state index in [2.05, 4.69) is 9.80 Å². The molecule has 4 aliphatic heterocycles. The SMILES string of the molecule is CC(C)OC(=O)C1=CN(C(=O)c2ccc(OCCN3CCOCC3)cc2)CC(C)(CCC(C)OC(=O)C2=CN(C(=O)c3ccc(OCCN4CCOCC4)cc3)CC(C)(C)c3c(C(F)(F)F)coc32)c2cc(C(F)(F)F)oc21. The molecule has 0 spiro atoms. The number of hydrogen-bond donors (Lipinski definition) is 0. The molecule has 422 valence electrons. The minimum Gasteiger partial charge on any atom is -0.492 e. The van der Waals surface area contributed by atoms with E-state index in [1.54, 1.807) is 45.0 Å². The van der Waals surface area contributed by atoms with Gasteiger partial charge in [-0.15, -0.1) is 0 Å². The van der Waals surface area contributed by atoms with E-state index in [-0.39, 0.29) is 48.2 Å². The highest BCUT2D eigenvalue weighted by Crippen LogP contribution is 2.47. The van der Waals surface area contributed by atoms with Gasteiger partial charge in [-0.05, 0) is 88.2 Å². The molecule has 2 fully saturated rings. The summed E-state index contributed by atoms with van der Waals surface area (Å²) in [5.41, 5.74) is -5.17. The molecular formula is C56H64F6N4O12. The Bertz CT molecular complexity index is 2840. The van der Waals surface area contributed by atoms with Gasteiger partial charge >= 0.3 is 24.3 Å². The van der Waals surface area contributed by atoms with Gasteiger partial charge in [0, 0.05) is 97.8 Å². The van der Waals surface area contributed by atoms with Crippen molar-refractivity contribution in [2.24, 2.45) is 0 Å². The van der Waals surface area contributed by atoms with Gasteiger partial charge in [0.2, 0.25) is 5.76 Å². The fourth-order valence-electron chi connectivity index (χ4n) is 9.93. The Labute approximate surface area is 447 Å². The summed E-state index contributed by atoms with van der Waals surface area (Å²) in [5, 5.41) is 0. The Morgan fingerprint density at radius 3 is 1.63 bits per heavy atom. The molecule has 8 rings (SSSR count). The Morgan fingerprint density at radius 1 is 0.654 bits per heavy atom. The van der Waals surface area contributed by atoms with Gasteiger partial charge in [-0.2, -0.15) is 26.3 Å². The van der Waals surface area contributed by atoms with Crippen molar-refractivity contribution < 1.29 is 82.8 Å². The lowest BCUT2D eigenvalue weighted by Crippen LogP contribution is -2.39. The zero-order valence-corrected chi connectivity index (χ0v) is 44.4. The number of fused-ring (bicyclic) bond motifs is 2. The van der Waals surface area contributed by atoms with Crippen molar-refractivity contribution in [3.63, 3.8) is 0 Å². The molecule has 16 nitrogen and oxygen atoms in total. The molecule has 2 unspecified atom stereocenters. The summed E-state index contributed by atoms with van der Waals surface area (Å²) in [6.45, 7) is 16.2. The molecule has 0 saturated carbocycles. The quantitative estimate of drug-likeness (QED) is 0.0726. The van der Waals surface area contributed by atoms with Crippen molar-refractivity contribution >= 4 is 34.9 Å². The molecule has 6 heterocycles. The summed E-state index contributed by atoms with van der Waals surface area (Å²) in [6.07, 6.45) is -9.25. The van der Waals surface area contributed by atoms with Gasteiger partial charge in [-0.3, -0.25) is 19.4 Å². The smallest absolute Gasteiger partial charge is 0.449 e. The summed E-state index contributed by atoms with van der Waals surface area (Å²) >= 11 is 0. The van der Waals surface area contributed by atoms with Gasteiger partial charge in [0.25, 0.3) is 11.8 Å². The van der Waals surface area contributed by atoms with Crippen LogP contribution >= 0.6 is 0 Å². The van der Waals surface area contributed by atoms with E-state index in [9.17, 15) is 45.5 Å². The molecule has 0 N–H and O–H groups in total. The summed E-state index contributed by atoms with van der Waals surface area (Å²) in [4.78, 5) is 63.7. The van der Waals surface area contributed by atoms with Crippen LogP contribution < -0.4 is 9.47 Å². The summed E-state index contributed by atoms with van der Waals surface area (Å²) in [5.74, 6) is -4.88. The van der Waals surface area contributed by atoms with Crippen LogP contribution in [-0.2, 0) is 51.7 Å². The predicted molar refractivity (Wildman–Crippen MR) is 270 cm³/mol. The lowest BCUT2D eigenvalue weighted by Gasteiger charge is -2.33. The van der Waals surface area contributed by atoms with Gasteiger partial charge in [-0.1, -0.05) is 20.8 Å². The molecule has 2 atom stereocenters. The molecule has 4 aromatic rings. The van der Waals surface area contributed by atoms with Crippen LogP contribution in [0.5, 0.6) is 11.5 Å². The molecule has 4 aliphatic rings. The number of carbonyl (C=O) groups excluding carboxylic acids is 4. The monoisotopic (exact) mass is 1100 g/mol. The van der Waals surface area contributed by atoms with Crippen molar-refractivity contribution in [2.75, 3.05) is 92.0 Å². The number of carbonyl (C=O) groups is 4. The summed E-state index contributed by atoms with van der Waals surface area (Å²) in [6, 6.07) is 13.2. The minimum atomic E-state index is -5.00. The number of rotatable bonds is 17. The van der Waals surface area contributed by atoms with E-state index in [0.29, 0.717) is 70.5 Å². The summed E-state index contributed by atoms with van der Waals surface area (Å²) < 4.78 is 132. The number of hydrogen-bond acceptors (Lipinski definition) is 14. The Morgan fingerprint density at radius 2 is 1.14 bits per heavy atom. The highest BCUT2D eigenvalue weighted by Gasteiger charge is 2.48. The maximum atomic E-state index is 14.7. The lowest BCUT2D eigenvalue weighted by molar-refractivity contribution is -0.153. The maximum Gasteiger partial charge on any atom is 0.449 e. The number of morpholine rings is 2. The van der Waals surface area contributed by atoms with E-state index in [4.69, 9.17) is 37.3 Å². The van der Waals surface area contributed by atoms with Crippen LogP contribution in [0, 0.1) is 0 Å². The maximum absolute atomic E-state index is 14.7. The first-order chi connectivity index (χ1) is 36.9. The number of ether oxygens (including phenoxy) is 6. The van der Waals surface area contributed by atoms with Crippen LogP contribution in [0.15, 0.2) is 82.1 Å². The third kappa shape index (κ3) is 13.6. The topological polar surface area (TPSA) is 163 Å². The molecule has 0 aliphatic carbocycles. The van der Waals surface area contributed by atoms with Gasteiger partial charge in [0.05, 0.1) is 44.2 Å². The molecule has 2 amide bonds. The number of furan rings is 2. The molecule has 22 heteroatoms. The lowest BCUT2D eigenvalue weighted by atomic mass is 9.77. The second-order valence-electron chi connectivity index (χ2n) is 21.0. The first kappa shape index (κ1) is 57.6. The van der Waals surface area contributed by atoms with Crippen LogP contribution in [0.3, 0.4) is 0 Å². The molecule has 2 aromatic heterocycles. The number of halogens is 6. The van der Waals surface area contributed by atoms with Crippen molar-refractivity contribution in [3.8, 4) is 11.5 Å². The van der Waals surface area contributed by atoms with Crippen molar-refractivity contribution in [3.05, 3.63) is 118 Å². The third-order valence-corrected chi connectivity index (χ3v) is 14.1. The van der Waals surface area contributed by atoms with Crippen LogP contribution in [0.2, 0.25) is 0 Å². The Kier molecular flexibility index (Phi) is 17.5. The number of alkyl halides is 6. The van der Waals surface area contributed by atoms with Gasteiger partial charge in [0.15, 0.2) is 0 Å². The largest absolute Gasteiger partial charge is 0.492 e. The zero-order valence-electron chi connectivity index (χ0n) is 44.4. The van der Waals surface area contributed by atoms with Crippen molar-refractivity contribution in [2.45, 2.75) is 89.8 Å². The van der Waals surface area contributed by atoms with Crippen LogP contribution in [0.4, 0.5) is 26.3 Å². The molecule has 2 aromatic carbocycles. The van der Waals surface area contributed by atoms with E-state index < -0.39 is 93.1 Å². The van der Waals surface area contributed by atoms with Crippen LogP contribution in [-0.4, -0.2) is 148 Å². The van der Waals surface area contributed by atoms with Crippen LogP contribution in [0.25, 0.3) is 11.1 Å². The van der Waals surface area contributed by atoms with Gasteiger partial charge in [0.1, 0.15) is 53.6 Å². The van der Waals surface area contributed by atoms with E-state index in [1.807, 2.05) is 0 Å². The third-order valence-electron chi connectivity index (χ3n) is 14.1. The normalized spacial score (nSPS) is 19.7. The molecule has 78 heavy (non-hydrogen) atoms. The Balaban J connectivity index is 1.04. The number of esters is 2. The standard InChI is InChI=1S/C56H64F6N4O12/c1-35(2)76-51(69)41-30-66(50(68)38-9-13-40(14-10-38)74-28-22-64-19-25-72-26-20-64)34-54(6,43-29-45(56(60,61)62)78-47(41)43)16-15-36(3)77-52(70)42-31-65(33-53(4,5)46-44(55(57,58)59)32-75-48(42)46)49(67)37-7-11-39(12-8-37)73-27-21-63-17-23-71-24-18-63/h7-14,29-32,35-36H,15-28,33-34H2,1-6H3. The minimum absolute atomic E-state index is 0.0880. The molecular weight excluding hydrogens is 1030 g/mol. The molecule has 2 saturated heterocycles. The van der Waals surface area contributed by atoms with E-state index in [1.165, 1.54) is 49.9 Å². The highest BCUT2D eigenvalue weighted by atomic mass is 19.4. The van der Waals surface area contributed by atoms with Crippen molar-refractivity contribution in [1.29, 1.82) is 0 Å². The summed E-state index contributed by atoms with van der Waals surface area (Å²) in [7, 11) is 0. The average molecular weight is 1100 g/mol. The highest BCUT2D eigenvalue weighted by molar-refractivity contribution is 6.17. The number of nitrogens with zero attached hydrogens (tertiary/aromatic N) is 4. The first-order valence-electron chi connectivity index (χ1n) is 25.8. The first-order valence-corrected chi connectivity index (χ1v) is 25.8. The average Bonchev–Trinajstić information content (AvgIpc) is 4.08. The number of amides is 2. The zero-order chi connectivity index (χ0) is 56.2. The molecule has 0 bridgehead atoms. The molecule has 0 radical (unpaired) electrons. The van der Waals surface area contributed by atoms with Crippen LogP contribution in [0.1, 0.15) is 109 Å². The predicted octanol–water partition coefficient (Wildman–Crippen LogP) is 9.23. The second kappa shape index (κ2) is 23.8. The van der Waals surface area contributed by atoms with E-state index >= 15 is 0 Å².